The Hall–Kier alpha value is -4.32. The number of Topliss-reactive ketones (excluding diaryl/α,β-unsaturated/α-hetero) is 2. The zero-order valence-electron chi connectivity index (χ0n) is 21.8. The van der Waals surface area contributed by atoms with E-state index < -0.39 is 81.4 Å². The third kappa shape index (κ3) is 3.41. The molecule has 2 aromatic carbocycles. The number of nitrogens with zero attached hydrogens (tertiary/aromatic N) is 1. The molecule has 0 aliphatic heterocycles. The molecule has 0 saturated carbocycles. The zero-order valence-corrected chi connectivity index (χ0v) is 21.8. The van der Waals surface area contributed by atoms with Crippen molar-refractivity contribution in [3.63, 3.8) is 0 Å². The van der Waals surface area contributed by atoms with Crippen LogP contribution in [0.4, 0.5) is 0 Å². The van der Waals surface area contributed by atoms with Crippen LogP contribution in [0.1, 0.15) is 39.1 Å². The summed E-state index contributed by atoms with van der Waals surface area (Å²) in [4.78, 5) is 51.9. The number of hydrogen-bond donors (Lipinski definition) is 6. The SMILES string of the molecule is C[C@@H]1c2ccc(-c3ccc(C=O)cc3)c(O)c2C(=O)C2=C(O)[C@@]3(O)C(=O)C(C(N)=O)=C(O)[C@H](N(C)C)[C@H]3[C@H](O)[C@H]21. The predicted octanol–water partition coefficient (Wildman–Crippen LogP) is 1.13. The monoisotopic (exact) mass is 548 g/mol. The number of nitrogens with two attached hydrogens (primary N) is 1. The number of rotatable bonds is 4. The van der Waals surface area contributed by atoms with Crippen molar-refractivity contribution in [1.82, 2.24) is 4.90 Å². The van der Waals surface area contributed by atoms with Gasteiger partial charge in [-0.2, -0.15) is 0 Å². The molecule has 40 heavy (non-hydrogen) atoms. The smallest absolute Gasteiger partial charge is 0.255 e. The van der Waals surface area contributed by atoms with E-state index in [4.69, 9.17) is 5.73 Å². The fraction of sp³-hybridized carbons (Fsp3) is 0.310. The molecule has 5 rings (SSSR count). The molecule has 1 amide bonds. The van der Waals surface area contributed by atoms with Gasteiger partial charge in [0.2, 0.25) is 5.78 Å². The Balaban J connectivity index is 1.75. The number of phenols is 1. The number of likely N-dealkylation sites (N-methyl/N-ethyl adjacent to an activating group) is 1. The highest BCUT2D eigenvalue weighted by Gasteiger charge is 2.67. The van der Waals surface area contributed by atoms with Crippen molar-refractivity contribution in [1.29, 1.82) is 0 Å². The van der Waals surface area contributed by atoms with Gasteiger partial charge in [0.1, 0.15) is 29.1 Å². The molecular weight excluding hydrogens is 520 g/mol. The van der Waals surface area contributed by atoms with Crippen LogP contribution in [0.15, 0.2) is 59.1 Å². The number of ketones is 2. The highest BCUT2D eigenvalue weighted by molar-refractivity contribution is 6.25. The molecule has 0 radical (unpaired) electrons. The van der Waals surface area contributed by atoms with E-state index in [0.717, 1.165) is 0 Å². The second-order valence-corrected chi connectivity index (χ2v) is 10.7. The van der Waals surface area contributed by atoms with Crippen LogP contribution in [0.25, 0.3) is 11.1 Å². The van der Waals surface area contributed by atoms with Gasteiger partial charge < -0.3 is 31.3 Å². The maximum Gasteiger partial charge on any atom is 0.255 e. The molecule has 7 N–H and O–H groups in total. The second kappa shape index (κ2) is 9.12. The number of aliphatic hydroxyl groups is 4. The average molecular weight is 549 g/mol. The summed E-state index contributed by atoms with van der Waals surface area (Å²) in [5, 5.41) is 57.0. The fourth-order valence-corrected chi connectivity index (χ4v) is 6.60. The van der Waals surface area contributed by atoms with E-state index in [1.807, 2.05) is 0 Å². The van der Waals surface area contributed by atoms with Gasteiger partial charge in [0.25, 0.3) is 5.91 Å². The predicted molar refractivity (Wildman–Crippen MR) is 141 cm³/mol. The Morgan fingerprint density at radius 3 is 2.23 bits per heavy atom. The lowest BCUT2D eigenvalue weighted by Crippen LogP contribution is -2.68. The van der Waals surface area contributed by atoms with E-state index >= 15 is 0 Å². The summed E-state index contributed by atoms with van der Waals surface area (Å²) in [5.41, 5.74) is 2.28. The molecule has 208 valence electrons. The van der Waals surface area contributed by atoms with Crippen molar-refractivity contribution in [3.8, 4) is 16.9 Å². The molecule has 3 aliphatic rings. The van der Waals surface area contributed by atoms with Gasteiger partial charge in [0.15, 0.2) is 11.4 Å². The minimum Gasteiger partial charge on any atom is -0.510 e. The molecule has 0 spiro atoms. The summed E-state index contributed by atoms with van der Waals surface area (Å²) in [6.07, 6.45) is -0.997. The molecule has 11 nitrogen and oxygen atoms in total. The fourth-order valence-electron chi connectivity index (χ4n) is 6.60. The largest absolute Gasteiger partial charge is 0.510 e. The van der Waals surface area contributed by atoms with Gasteiger partial charge in [-0.25, -0.2) is 0 Å². The van der Waals surface area contributed by atoms with Crippen LogP contribution in [0.3, 0.4) is 0 Å². The first kappa shape index (κ1) is 27.3. The molecule has 0 heterocycles. The summed E-state index contributed by atoms with van der Waals surface area (Å²) in [7, 11) is 2.95. The van der Waals surface area contributed by atoms with Crippen molar-refractivity contribution >= 4 is 23.8 Å². The summed E-state index contributed by atoms with van der Waals surface area (Å²) >= 11 is 0. The minimum atomic E-state index is -2.97. The highest BCUT2D eigenvalue weighted by atomic mass is 16.4. The average Bonchev–Trinajstić information content (AvgIpc) is 2.90. The number of aromatic hydroxyl groups is 1. The lowest BCUT2D eigenvalue weighted by molar-refractivity contribution is -0.162. The molecule has 3 aliphatic carbocycles. The molecule has 0 bridgehead atoms. The van der Waals surface area contributed by atoms with Gasteiger partial charge >= 0.3 is 0 Å². The second-order valence-electron chi connectivity index (χ2n) is 10.7. The Bertz CT molecular complexity index is 1560. The lowest BCUT2D eigenvalue weighted by Gasteiger charge is -2.53. The Morgan fingerprint density at radius 2 is 1.68 bits per heavy atom. The van der Waals surface area contributed by atoms with E-state index in [0.29, 0.717) is 23.0 Å². The number of aldehydes is 1. The number of fused-ring (bicyclic) bond motifs is 3. The number of aliphatic hydroxyl groups excluding tert-OH is 3. The number of benzene rings is 2. The number of primary amides is 1. The van der Waals surface area contributed by atoms with Crippen molar-refractivity contribution in [2.75, 3.05) is 14.1 Å². The third-order valence-electron chi connectivity index (χ3n) is 8.49. The maximum absolute atomic E-state index is 14.0. The van der Waals surface area contributed by atoms with Crippen molar-refractivity contribution in [2.24, 2.45) is 17.6 Å². The topological polar surface area (TPSA) is 199 Å². The van der Waals surface area contributed by atoms with Crippen LogP contribution in [-0.4, -0.2) is 86.0 Å². The lowest BCUT2D eigenvalue weighted by atomic mass is 9.55. The Labute approximate surface area is 228 Å². The molecule has 11 heteroatoms. The van der Waals surface area contributed by atoms with Crippen LogP contribution >= 0.6 is 0 Å². The molecule has 0 saturated heterocycles. The summed E-state index contributed by atoms with van der Waals surface area (Å²) in [6.45, 7) is 1.66. The van der Waals surface area contributed by atoms with E-state index in [1.165, 1.54) is 31.1 Å². The van der Waals surface area contributed by atoms with Crippen molar-refractivity contribution < 1.29 is 44.7 Å². The van der Waals surface area contributed by atoms with E-state index in [9.17, 15) is 44.7 Å². The number of hydrogen-bond acceptors (Lipinski definition) is 10. The van der Waals surface area contributed by atoms with Crippen LogP contribution in [0, 0.1) is 11.8 Å². The first-order valence-electron chi connectivity index (χ1n) is 12.5. The first-order valence-corrected chi connectivity index (χ1v) is 12.5. The minimum absolute atomic E-state index is 0.183. The molecule has 2 aromatic rings. The Morgan fingerprint density at radius 1 is 1.05 bits per heavy atom. The molecule has 0 aromatic heterocycles. The molecular formula is C29H28N2O9. The third-order valence-corrected chi connectivity index (χ3v) is 8.49. The van der Waals surface area contributed by atoms with Gasteiger partial charge in [0.05, 0.1) is 23.6 Å². The summed E-state index contributed by atoms with van der Waals surface area (Å²) < 4.78 is 0. The van der Waals surface area contributed by atoms with Gasteiger partial charge in [-0.15, -0.1) is 0 Å². The summed E-state index contributed by atoms with van der Waals surface area (Å²) in [6, 6.07) is 8.14. The summed E-state index contributed by atoms with van der Waals surface area (Å²) in [5.74, 6) is -9.39. The molecule has 0 fully saturated rings. The maximum atomic E-state index is 14.0. The van der Waals surface area contributed by atoms with Crippen molar-refractivity contribution in [3.05, 3.63) is 75.8 Å². The number of carbonyl (C=O) groups is 4. The molecule has 6 atom stereocenters. The van der Waals surface area contributed by atoms with Gasteiger partial charge in [0, 0.05) is 22.6 Å². The van der Waals surface area contributed by atoms with E-state index in [2.05, 4.69) is 0 Å². The first-order chi connectivity index (χ1) is 18.8. The number of amides is 1. The zero-order chi connectivity index (χ0) is 29.4. The van der Waals surface area contributed by atoms with E-state index in [1.54, 1.807) is 31.2 Å². The number of phenolic OH excluding ortho intramolecular Hbond substituents is 1. The van der Waals surface area contributed by atoms with Crippen LogP contribution in [0.2, 0.25) is 0 Å². The normalized spacial score (nSPS) is 29.7. The van der Waals surface area contributed by atoms with Crippen LogP contribution < -0.4 is 5.73 Å². The highest BCUT2D eigenvalue weighted by Crippen LogP contribution is 2.56. The number of carbonyl (C=O) groups excluding carboxylic acids is 4. The van der Waals surface area contributed by atoms with Gasteiger partial charge in [-0.05, 0) is 31.1 Å². The Kier molecular flexibility index (Phi) is 6.21. The van der Waals surface area contributed by atoms with Gasteiger partial charge in [-0.3, -0.25) is 24.1 Å². The molecule has 0 unspecified atom stereocenters. The van der Waals surface area contributed by atoms with Crippen LogP contribution in [-0.2, 0) is 9.59 Å². The quantitative estimate of drug-likeness (QED) is 0.238. The standard InChI is InChI=1S/C29H28N2O9/c1-11-14-8-9-15(13-6-4-12(10-32)5-7-13)22(33)17(14)23(34)18-16(11)24(35)20-21(31(2)3)25(36)19(28(30)39)27(38)29(20,40)26(18)37/h4-11,16,20-21,24,33,35-37,40H,1-3H3,(H2,30,39)/t11-,16+,20+,21-,24-,29-/m1/s1. The van der Waals surface area contributed by atoms with Crippen LogP contribution in [0.5, 0.6) is 5.75 Å². The van der Waals surface area contributed by atoms with Crippen molar-refractivity contribution in [2.45, 2.75) is 30.6 Å². The van der Waals surface area contributed by atoms with Gasteiger partial charge in [-0.1, -0.05) is 43.3 Å². The van der Waals surface area contributed by atoms with E-state index in [-0.39, 0.29) is 11.1 Å².